The molecule has 156 valence electrons. The van der Waals surface area contributed by atoms with E-state index in [0.717, 1.165) is 30.8 Å². The van der Waals surface area contributed by atoms with Gasteiger partial charge in [-0.3, -0.25) is 4.79 Å². The summed E-state index contributed by atoms with van der Waals surface area (Å²) in [5.74, 6) is 4.53. The van der Waals surface area contributed by atoms with Crippen molar-refractivity contribution in [1.29, 1.82) is 0 Å². The summed E-state index contributed by atoms with van der Waals surface area (Å²) in [7, 11) is 0. The minimum Gasteiger partial charge on any atom is -0.493 e. The van der Waals surface area contributed by atoms with E-state index in [-0.39, 0.29) is 18.8 Å². The molecule has 0 aromatic heterocycles. The molecule has 2 aliphatic rings. The third-order valence-corrected chi connectivity index (χ3v) is 5.17. The van der Waals surface area contributed by atoms with Gasteiger partial charge in [-0.05, 0) is 48.7 Å². The van der Waals surface area contributed by atoms with Gasteiger partial charge in [-0.1, -0.05) is 12.1 Å². The average Bonchev–Trinajstić information content (AvgIpc) is 3.45. The van der Waals surface area contributed by atoms with E-state index in [9.17, 15) is 4.79 Å². The zero-order chi connectivity index (χ0) is 20.8. The van der Waals surface area contributed by atoms with E-state index >= 15 is 0 Å². The first-order chi connectivity index (χ1) is 14.7. The van der Waals surface area contributed by atoms with Crippen LogP contribution in [0.25, 0.3) is 0 Å². The van der Waals surface area contributed by atoms with E-state index in [1.54, 1.807) is 18.2 Å². The summed E-state index contributed by atoms with van der Waals surface area (Å²) in [4.78, 5) is 15.1. The number of hydrogen-bond donors (Lipinski definition) is 0. The van der Waals surface area contributed by atoms with E-state index in [4.69, 9.17) is 25.4 Å². The van der Waals surface area contributed by atoms with Crippen LogP contribution in [0.15, 0.2) is 42.5 Å². The topological polar surface area (TPSA) is 57.2 Å². The van der Waals surface area contributed by atoms with Crippen molar-refractivity contribution < 1.29 is 23.7 Å². The molecule has 2 aliphatic heterocycles. The van der Waals surface area contributed by atoms with Crippen LogP contribution in [-0.2, 0) is 11.3 Å². The van der Waals surface area contributed by atoms with E-state index in [1.807, 2.05) is 29.2 Å². The van der Waals surface area contributed by atoms with Gasteiger partial charge in [0.1, 0.15) is 5.75 Å². The maximum Gasteiger partial charge on any atom is 0.254 e. The first kappa shape index (κ1) is 20.1. The van der Waals surface area contributed by atoms with Crippen molar-refractivity contribution in [2.45, 2.75) is 31.9 Å². The van der Waals surface area contributed by atoms with Crippen molar-refractivity contribution in [1.82, 2.24) is 4.90 Å². The number of benzene rings is 2. The SMILES string of the molecule is C#CCCOc1ccc(CN(C[C@H]2CCCO2)C(=O)c2ccc3c(c2)OCO3)cc1. The molecule has 1 amide bonds. The molecule has 2 aromatic carbocycles. The minimum absolute atomic E-state index is 0.0573. The molecular weight excluding hydrogens is 382 g/mol. The highest BCUT2D eigenvalue weighted by Crippen LogP contribution is 2.33. The van der Waals surface area contributed by atoms with Crippen LogP contribution < -0.4 is 14.2 Å². The number of fused-ring (bicyclic) bond motifs is 1. The highest BCUT2D eigenvalue weighted by molar-refractivity contribution is 5.95. The quantitative estimate of drug-likeness (QED) is 0.494. The minimum atomic E-state index is -0.0573. The number of carbonyl (C=O) groups is 1. The third-order valence-electron chi connectivity index (χ3n) is 5.17. The summed E-state index contributed by atoms with van der Waals surface area (Å²) >= 11 is 0. The fourth-order valence-corrected chi connectivity index (χ4v) is 3.60. The maximum absolute atomic E-state index is 13.3. The summed E-state index contributed by atoms with van der Waals surface area (Å²) in [5, 5.41) is 0. The van der Waals surface area contributed by atoms with E-state index in [1.165, 1.54) is 0 Å². The van der Waals surface area contributed by atoms with Crippen molar-refractivity contribution in [2.75, 3.05) is 26.6 Å². The molecule has 1 saturated heterocycles. The fourth-order valence-electron chi connectivity index (χ4n) is 3.60. The number of nitrogens with zero attached hydrogens (tertiary/aromatic N) is 1. The molecule has 0 N–H and O–H groups in total. The molecule has 6 heteroatoms. The molecule has 0 spiro atoms. The summed E-state index contributed by atoms with van der Waals surface area (Å²) in [6.45, 7) is 2.46. The van der Waals surface area contributed by atoms with Gasteiger partial charge >= 0.3 is 0 Å². The van der Waals surface area contributed by atoms with Crippen LogP contribution >= 0.6 is 0 Å². The second-order valence-corrected chi connectivity index (χ2v) is 7.34. The predicted molar refractivity (Wildman–Crippen MR) is 112 cm³/mol. The standard InChI is InChI=1S/C24H25NO5/c1-2-3-12-27-20-9-6-18(7-10-20)15-25(16-21-5-4-13-28-21)24(26)19-8-11-22-23(14-19)30-17-29-22/h1,6-11,14,21H,3-5,12-13,15-17H2/t21-/m1/s1. The molecule has 0 saturated carbocycles. The Morgan fingerprint density at radius 3 is 2.77 bits per heavy atom. The zero-order valence-electron chi connectivity index (χ0n) is 16.8. The zero-order valence-corrected chi connectivity index (χ0v) is 16.8. The monoisotopic (exact) mass is 407 g/mol. The predicted octanol–water partition coefficient (Wildman–Crippen LogP) is 3.64. The Balaban J connectivity index is 1.48. The molecule has 0 aliphatic carbocycles. The second kappa shape index (κ2) is 9.55. The van der Waals surface area contributed by atoms with Gasteiger partial charge in [-0.2, -0.15) is 0 Å². The fraction of sp³-hybridized carbons (Fsp3) is 0.375. The van der Waals surface area contributed by atoms with Crippen LogP contribution in [0.1, 0.15) is 35.2 Å². The lowest BCUT2D eigenvalue weighted by Gasteiger charge is -2.26. The van der Waals surface area contributed by atoms with Crippen molar-refractivity contribution >= 4 is 5.91 Å². The summed E-state index contributed by atoms with van der Waals surface area (Å²) in [5.41, 5.74) is 1.60. The van der Waals surface area contributed by atoms with Gasteiger partial charge < -0.3 is 23.8 Å². The van der Waals surface area contributed by atoms with Gasteiger partial charge in [0.05, 0.1) is 12.7 Å². The number of amides is 1. The molecule has 1 atom stereocenters. The Hall–Kier alpha value is -3.17. The van der Waals surface area contributed by atoms with Crippen LogP contribution in [0.5, 0.6) is 17.2 Å². The molecule has 6 nitrogen and oxygen atoms in total. The van der Waals surface area contributed by atoms with Crippen LogP contribution in [0.2, 0.25) is 0 Å². The van der Waals surface area contributed by atoms with Crippen LogP contribution in [0.4, 0.5) is 0 Å². The molecule has 2 heterocycles. The molecule has 2 aromatic rings. The van der Waals surface area contributed by atoms with Crippen LogP contribution in [0.3, 0.4) is 0 Å². The van der Waals surface area contributed by atoms with E-state index in [0.29, 0.717) is 43.2 Å². The van der Waals surface area contributed by atoms with Crippen molar-refractivity contribution in [3.63, 3.8) is 0 Å². The normalized spacial score (nSPS) is 16.8. The Labute approximate surface area is 176 Å². The number of carbonyl (C=O) groups excluding carboxylic acids is 1. The average molecular weight is 407 g/mol. The smallest absolute Gasteiger partial charge is 0.254 e. The number of ether oxygens (including phenoxy) is 4. The van der Waals surface area contributed by atoms with E-state index in [2.05, 4.69) is 5.92 Å². The van der Waals surface area contributed by atoms with Gasteiger partial charge in [0.15, 0.2) is 11.5 Å². The van der Waals surface area contributed by atoms with Crippen LogP contribution in [-0.4, -0.2) is 43.5 Å². The lowest BCUT2D eigenvalue weighted by Crippen LogP contribution is -2.37. The Morgan fingerprint density at radius 1 is 1.17 bits per heavy atom. The summed E-state index contributed by atoms with van der Waals surface area (Å²) in [6.07, 6.45) is 7.88. The second-order valence-electron chi connectivity index (χ2n) is 7.34. The maximum atomic E-state index is 13.3. The molecule has 30 heavy (non-hydrogen) atoms. The number of rotatable bonds is 8. The molecule has 1 fully saturated rings. The first-order valence-corrected chi connectivity index (χ1v) is 10.2. The molecular formula is C24H25NO5. The lowest BCUT2D eigenvalue weighted by molar-refractivity contribution is 0.0507. The molecule has 4 rings (SSSR count). The summed E-state index contributed by atoms with van der Waals surface area (Å²) < 4.78 is 22.2. The van der Waals surface area contributed by atoms with Crippen molar-refractivity contribution in [3.8, 4) is 29.6 Å². The highest BCUT2D eigenvalue weighted by atomic mass is 16.7. The van der Waals surface area contributed by atoms with Gasteiger partial charge in [0, 0.05) is 31.7 Å². The van der Waals surface area contributed by atoms with Gasteiger partial charge in [0.2, 0.25) is 6.79 Å². The lowest BCUT2D eigenvalue weighted by atomic mass is 10.1. The summed E-state index contributed by atoms with van der Waals surface area (Å²) in [6, 6.07) is 13.1. The van der Waals surface area contributed by atoms with Gasteiger partial charge in [-0.25, -0.2) is 0 Å². The molecule has 0 unspecified atom stereocenters. The largest absolute Gasteiger partial charge is 0.493 e. The Kier molecular flexibility index (Phi) is 6.41. The third kappa shape index (κ3) is 4.87. The van der Waals surface area contributed by atoms with Crippen molar-refractivity contribution in [3.05, 3.63) is 53.6 Å². The van der Waals surface area contributed by atoms with Gasteiger partial charge in [0.25, 0.3) is 5.91 Å². The first-order valence-electron chi connectivity index (χ1n) is 10.2. The van der Waals surface area contributed by atoms with Crippen LogP contribution in [0, 0.1) is 12.3 Å². The van der Waals surface area contributed by atoms with Gasteiger partial charge in [-0.15, -0.1) is 12.3 Å². The molecule has 0 bridgehead atoms. The Bertz CT molecular complexity index is 912. The number of terminal acetylenes is 1. The highest BCUT2D eigenvalue weighted by Gasteiger charge is 2.25. The van der Waals surface area contributed by atoms with Crippen molar-refractivity contribution in [2.24, 2.45) is 0 Å². The van der Waals surface area contributed by atoms with E-state index < -0.39 is 0 Å². The molecule has 0 radical (unpaired) electrons. The Morgan fingerprint density at radius 2 is 2.00 bits per heavy atom. The number of hydrogen-bond acceptors (Lipinski definition) is 5.